The molecular formula is C18H22N4O2. The summed E-state index contributed by atoms with van der Waals surface area (Å²) in [5, 5.41) is 1.07. The van der Waals surface area contributed by atoms with Gasteiger partial charge in [-0.05, 0) is 12.0 Å². The van der Waals surface area contributed by atoms with Crippen molar-refractivity contribution in [3.05, 3.63) is 30.1 Å². The van der Waals surface area contributed by atoms with Gasteiger partial charge < -0.3 is 19.8 Å². The Morgan fingerprint density at radius 3 is 2.88 bits per heavy atom. The molecule has 0 bridgehead atoms. The highest BCUT2D eigenvalue weighted by atomic mass is 16.5. The molecule has 1 aliphatic rings. The monoisotopic (exact) mass is 326 g/mol. The Kier molecular flexibility index (Phi) is 3.66. The summed E-state index contributed by atoms with van der Waals surface area (Å²) in [6.07, 6.45) is -0.185. The largest absolute Gasteiger partial charge is 0.382 e. The van der Waals surface area contributed by atoms with Crippen molar-refractivity contribution in [2.45, 2.75) is 26.0 Å². The lowest BCUT2D eigenvalue weighted by molar-refractivity contribution is -0.0496. The van der Waals surface area contributed by atoms with E-state index in [0.717, 1.165) is 27.8 Å². The molecule has 2 N–H and O–H groups in total. The van der Waals surface area contributed by atoms with E-state index < -0.39 is 0 Å². The van der Waals surface area contributed by atoms with Crippen molar-refractivity contribution < 1.29 is 9.47 Å². The van der Waals surface area contributed by atoms with Gasteiger partial charge in [0.05, 0.1) is 30.3 Å². The summed E-state index contributed by atoms with van der Waals surface area (Å²) < 4.78 is 13.7. The molecule has 1 aliphatic heterocycles. The molecule has 0 aliphatic carbocycles. The van der Waals surface area contributed by atoms with E-state index in [4.69, 9.17) is 20.2 Å². The van der Waals surface area contributed by atoms with Crippen LogP contribution in [0.2, 0.25) is 0 Å². The van der Waals surface area contributed by atoms with Gasteiger partial charge in [-0.2, -0.15) is 0 Å². The first-order chi connectivity index (χ1) is 11.6. The molecule has 2 atom stereocenters. The number of nitrogen functional groups attached to an aromatic ring is 1. The number of hydrogen-bond acceptors (Lipinski definition) is 5. The minimum atomic E-state index is -0.185. The Balaban J connectivity index is 2.09. The summed E-state index contributed by atoms with van der Waals surface area (Å²) in [6, 6.07) is 8.28. The number of aromatic nitrogens is 3. The molecule has 0 saturated heterocycles. The topological polar surface area (TPSA) is 75.2 Å². The summed E-state index contributed by atoms with van der Waals surface area (Å²) >= 11 is 0. The quantitative estimate of drug-likeness (QED) is 0.800. The van der Waals surface area contributed by atoms with Gasteiger partial charge in [-0.1, -0.05) is 32.0 Å². The van der Waals surface area contributed by atoms with Crippen molar-refractivity contribution in [1.29, 1.82) is 0 Å². The van der Waals surface area contributed by atoms with Crippen molar-refractivity contribution in [2.24, 2.45) is 5.92 Å². The Hall–Kier alpha value is -2.18. The van der Waals surface area contributed by atoms with Crippen LogP contribution >= 0.6 is 0 Å². The SMILES string of the molecule is COCC1OC[C@H](C(C)C)n2c1nc1c(N)nc3ccccc3c12. The van der Waals surface area contributed by atoms with Crippen molar-refractivity contribution in [2.75, 3.05) is 26.1 Å². The molecule has 6 heteroatoms. The third-order valence-electron chi connectivity index (χ3n) is 4.76. The molecule has 126 valence electrons. The fraction of sp³-hybridized carbons (Fsp3) is 0.444. The molecule has 0 radical (unpaired) electrons. The maximum Gasteiger partial charge on any atom is 0.152 e. The summed E-state index contributed by atoms with van der Waals surface area (Å²) in [4.78, 5) is 9.32. The molecule has 1 unspecified atom stereocenters. The van der Waals surface area contributed by atoms with Crippen molar-refractivity contribution >= 4 is 27.8 Å². The number of anilines is 1. The zero-order chi connectivity index (χ0) is 16.8. The number of ether oxygens (including phenoxy) is 2. The first kappa shape index (κ1) is 15.4. The normalized spacial score (nSPS) is 20.8. The Morgan fingerprint density at radius 1 is 1.33 bits per heavy atom. The number of benzene rings is 1. The molecule has 6 nitrogen and oxygen atoms in total. The Morgan fingerprint density at radius 2 is 2.12 bits per heavy atom. The molecule has 1 aromatic carbocycles. The molecule has 0 fully saturated rings. The van der Waals surface area contributed by atoms with Crippen LogP contribution in [-0.2, 0) is 9.47 Å². The lowest BCUT2D eigenvalue weighted by atomic mass is 10.0. The maximum atomic E-state index is 6.22. The standard InChI is InChI=1S/C18H22N4O2/c1-10(2)13-8-24-14(9-23-3)18-21-15-16(22(13)18)11-6-4-5-7-12(11)20-17(15)19/h4-7,10,13-14H,8-9H2,1-3H3,(H2,19,20)/t13-,14?/m1/s1. The van der Waals surface area contributed by atoms with Crippen LogP contribution in [0.25, 0.3) is 21.9 Å². The third kappa shape index (κ3) is 2.17. The van der Waals surface area contributed by atoms with Crippen LogP contribution in [-0.4, -0.2) is 34.9 Å². The number of imidazole rings is 1. The Bertz CT molecular complexity index is 903. The Labute approximate surface area is 140 Å². The predicted octanol–water partition coefficient (Wildman–Crippen LogP) is 3.08. The lowest BCUT2D eigenvalue weighted by Gasteiger charge is -2.33. The zero-order valence-electron chi connectivity index (χ0n) is 14.2. The molecule has 2 aromatic heterocycles. The van der Waals surface area contributed by atoms with Gasteiger partial charge in [0.15, 0.2) is 5.82 Å². The number of rotatable bonds is 3. The molecule has 0 amide bonds. The summed E-state index contributed by atoms with van der Waals surface area (Å²) in [5.41, 5.74) is 8.91. The van der Waals surface area contributed by atoms with Gasteiger partial charge in [-0.25, -0.2) is 9.97 Å². The van der Waals surface area contributed by atoms with Gasteiger partial charge in [0.25, 0.3) is 0 Å². The molecule has 4 rings (SSSR count). The van der Waals surface area contributed by atoms with Gasteiger partial charge in [0, 0.05) is 12.5 Å². The average molecular weight is 326 g/mol. The molecule has 0 spiro atoms. The van der Waals surface area contributed by atoms with Crippen LogP contribution in [0.5, 0.6) is 0 Å². The smallest absolute Gasteiger partial charge is 0.152 e. The highest BCUT2D eigenvalue weighted by Gasteiger charge is 2.34. The summed E-state index contributed by atoms with van der Waals surface area (Å²) in [7, 11) is 1.68. The highest BCUT2D eigenvalue weighted by molar-refractivity contribution is 6.06. The van der Waals surface area contributed by atoms with Gasteiger partial charge in [-0.3, -0.25) is 0 Å². The van der Waals surface area contributed by atoms with E-state index >= 15 is 0 Å². The first-order valence-electron chi connectivity index (χ1n) is 8.28. The number of nitrogens with two attached hydrogens (primary N) is 1. The second-order valence-corrected chi connectivity index (χ2v) is 6.64. The van der Waals surface area contributed by atoms with E-state index in [1.165, 1.54) is 0 Å². The van der Waals surface area contributed by atoms with E-state index in [0.29, 0.717) is 24.9 Å². The van der Waals surface area contributed by atoms with Gasteiger partial charge in [0.1, 0.15) is 17.4 Å². The molecule has 3 heterocycles. The van der Waals surface area contributed by atoms with Crippen molar-refractivity contribution in [1.82, 2.24) is 14.5 Å². The number of methoxy groups -OCH3 is 1. The fourth-order valence-electron chi connectivity index (χ4n) is 3.53. The van der Waals surface area contributed by atoms with Crippen LogP contribution in [0.3, 0.4) is 0 Å². The lowest BCUT2D eigenvalue weighted by Crippen LogP contribution is -2.32. The zero-order valence-corrected chi connectivity index (χ0v) is 14.2. The van der Waals surface area contributed by atoms with Gasteiger partial charge in [0.2, 0.25) is 0 Å². The number of pyridine rings is 1. The van der Waals surface area contributed by atoms with Crippen LogP contribution in [0.4, 0.5) is 5.82 Å². The second-order valence-electron chi connectivity index (χ2n) is 6.64. The number of fused-ring (bicyclic) bond motifs is 5. The third-order valence-corrected chi connectivity index (χ3v) is 4.76. The van der Waals surface area contributed by atoms with E-state index in [-0.39, 0.29) is 12.1 Å². The average Bonchev–Trinajstić information content (AvgIpc) is 2.97. The predicted molar refractivity (Wildman–Crippen MR) is 93.9 cm³/mol. The van der Waals surface area contributed by atoms with Crippen LogP contribution in [0.1, 0.15) is 31.8 Å². The minimum Gasteiger partial charge on any atom is -0.382 e. The van der Waals surface area contributed by atoms with E-state index in [1.807, 2.05) is 18.2 Å². The van der Waals surface area contributed by atoms with Crippen LogP contribution in [0, 0.1) is 5.92 Å². The number of para-hydroxylation sites is 1. The van der Waals surface area contributed by atoms with E-state index in [1.54, 1.807) is 7.11 Å². The maximum absolute atomic E-state index is 6.22. The van der Waals surface area contributed by atoms with Crippen molar-refractivity contribution in [3.8, 4) is 0 Å². The second kappa shape index (κ2) is 5.72. The van der Waals surface area contributed by atoms with E-state index in [9.17, 15) is 0 Å². The highest BCUT2D eigenvalue weighted by Crippen LogP contribution is 2.39. The number of hydrogen-bond donors (Lipinski definition) is 1. The van der Waals surface area contributed by atoms with Crippen LogP contribution in [0.15, 0.2) is 24.3 Å². The molecule has 3 aromatic rings. The molecule has 24 heavy (non-hydrogen) atoms. The van der Waals surface area contributed by atoms with Crippen LogP contribution < -0.4 is 5.73 Å². The van der Waals surface area contributed by atoms with Gasteiger partial charge >= 0.3 is 0 Å². The molecule has 0 saturated carbocycles. The summed E-state index contributed by atoms with van der Waals surface area (Å²) in [6.45, 7) is 5.51. The van der Waals surface area contributed by atoms with Gasteiger partial charge in [-0.15, -0.1) is 0 Å². The van der Waals surface area contributed by atoms with Crippen molar-refractivity contribution in [3.63, 3.8) is 0 Å². The summed E-state index contributed by atoms with van der Waals surface area (Å²) in [5.74, 6) is 1.75. The minimum absolute atomic E-state index is 0.185. The fourth-order valence-corrected chi connectivity index (χ4v) is 3.53. The van der Waals surface area contributed by atoms with E-state index in [2.05, 4.69) is 29.5 Å². The molecular weight excluding hydrogens is 304 g/mol. The number of nitrogens with zero attached hydrogens (tertiary/aromatic N) is 3. The first-order valence-corrected chi connectivity index (χ1v) is 8.28.